The van der Waals surface area contributed by atoms with E-state index in [0.717, 1.165) is 18.4 Å². The van der Waals surface area contributed by atoms with Crippen LogP contribution in [0.1, 0.15) is 35.7 Å². The molecule has 1 aliphatic rings. The van der Waals surface area contributed by atoms with Gasteiger partial charge in [0, 0.05) is 18.9 Å². The van der Waals surface area contributed by atoms with Crippen molar-refractivity contribution in [2.75, 3.05) is 19.5 Å². The van der Waals surface area contributed by atoms with Crippen molar-refractivity contribution in [1.29, 1.82) is 0 Å². The third kappa shape index (κ3) is 5.34. The molecule has 9 nitrogen and oxygen atoms in total. The molecule has 3 aromatic rings. The van der Waals surface area contributed by atoms with Gasteiger partial charge in [0.05, 0.1) is 24.6 Å². The van der Waals surface area contributed by atoms with Crippen molar-refractivity contribution >= 4 is 40.3 Å². The third-order valence-electron chi connectivity index (χ3n) is 5.79. The van der Waals surface area contributed by atoms with Crippen LogP contribution in [0, 0.1) is 6.92 Å². The van der Waals surface area contributed by atoms with E-state index in [9.17, 15) is 14.4 Å². The minimum absolute atomic E-state index is 0.0234. The molecule has 1 fully saturated rings. The first kappa shape index (κ1) is 25.6. The zero-order valence-corrected chi connectivity index (χ0v) is 21.3. The van der Waals surface area contributed by atoms with Crippen molar-refractivity contribution in [3.8, 4) is 0 Å². The van der Waals surface area contributed by atoms with E-state index in [4.69, 9.17) is 14.5 Å². The van der Waals surface area contributed by atoms with E-state index in [-0.39, 0.29) is 41.3 Å². The number of nitrogens with zero attached hydrogens (tertiary/aromatic N) is 4. The van der Waals surface area contributed by atoms with Gasteiger partial charge in [0.1, 0.15) is 16.9 Å². The van der Waals surface area contributed by atoms with Crippen molar-refractivity contribution in [3.05, 3.63) is 75.0 Å². The average Bonchev–Trinajstić information content (AvgIpc) is 3.37. The Hall–Kier alpha value is -3.50. The van der Waals surface area contributed by atoms with Crippen molar-refractivity contribution in [3.63, 3.8) is 0 Å². The van der Waals surface area contributed by atoms with Crippen LogP contribution >= 0.6 is 11.8 Å². The zero-order chi connectivity index (χ0) is 25.7. The van der Waals surface area contributed by atoms with Gasteiger partial charge in [-0.05, 0) is 56.0 Å². The maximum atomic E-state index is 13.5. The number of allylic oxidation sites excluding steroid dienone is 2. The molecule has 1 unspecified atom stereocenters. The summed E-state index contributed by atoms with van der Waals surface area (Å²) in [7, 11) is 0. The van der Waals surface area contributed by atoms with E-state index in [2.05, 4.69) is 4.99 Å². The van der Waals surface area contributed by atoms with Gasteiger partial charge in [-0.1, -0.05) is 18.2 Å². The molecular formula is C26H28N4O5S. The Labute approximate surface area is 212 Å². The highest BCUT2D eigenvalue weighted by Crippen LogP contribution is 2.18. The second-order valence-corrected chi connectivity index (χ2v) is 9.00. The largest absolute Gasteiger partial charge is 0.462 e. The number of thioether (sulfide) groups is 1. The summed E-state index contributed by atoms with van der Waals surface area (Å²) in [6, 6.07) is 5.06. The predicted molar refractivity (Wildman–Crippen MR) is 139 cm³/mol. The Morgan fingerprint density at radius 2 is 2.17 bits per heavy atom. The smallest absolute Gasteiger partial charge is 0.341 e. The van der Waals surface area contributed by atoms with Gasteiger partial charge in [-0.15, -0.1) is 11.8 Å². The summed E-state index contributed by atoms with van der Waals surface area (Å²) in [5, 5.41) is 2.05. The number of pyridine rings is 2. The summed E-state index contributed by atoms with van der Waals surface area (Å²) in [6.45, 7) is 4.58. The highest BCUT2D eigenvalue weighted by molar-refractivity contribution is 8.01. The standard InChI is InChI=1S/C26H28N4O5S/c1-4-34-26(33)20-15-19-23(28-22-17(2)9-7-12-29(22)25(19)32)30(16-18-10-8-13-35-18)24(20)27-21(31)11-5-6-14-36-3/h5-7,9,11-12,14-15,18H,4,8,10,13,16H2,1-3H3. The van der Waals surface area contributed by atoms with E-state index in [1.165, 1.54) is 28.3 Å². The molecule has 3 aromatic heterocycles. The molecule has 0 saturated carbocycles. The lowest BCUT2D eigenvalue weighted by atomic mass is 10.1. The molecule has 0 bridgehead atoms. The summed E-state index contributed by atoms with van der Waals surface area (Å²) in [6.07, 6.45) is 9.70. The molecule has 10 heteroatoms. The Balaban J connectivity index is 2.07. The van der Waals surface area contributed by atoms with Gasteiger partial charge in [0.25, 0.3) is 11.5 Å². The van der Waals surface area contributed by atoms with Gasteiger partial charge in [-0.3, -0.25) is 14.0 Å². The Kier molecular flexibility index (Phi) is 8.17. The predicted octanol–water partition coefficient (Wildman–Crippen LogP) is 3.17. The Morgan fingerprint density at radius 3 is 2.89 bits per heavy atom. The maximum Gasteiger partial charge on any atom is 0.341 e. The van der Waals surface area contributed by atoms with E-state index in [0.29, 0.717) is 17.9 Å². The molecule has 1 aliphatic heterocycles. The number of amides is 1. The summed E-state index contributed by atoms with van der Waals surface area (Å²) in [4.78, 5) is 48.4. The summed E-state index contributed by atoms with van der Waals surface area (Å²) in [5.41, 5.74) is 1.41. The van der Waals surface area contributed by atoms with Gasteiger partial charge < -0.3 is 14.0 Å². The molecule has 0 aromatic carbocycles. The van der Waals surface area contributed by atoms with Crippen molar-refractivity contribution in [2.45, 2.75) is 39.3 Å². The van der Waals surface area contributed by atoms with Crippen LogP contribution in [-0.4, -0.2) is 51.4 Å². The van der Waals surface area contributed by atoms with Gasteiger partial charge in [-0.2, -0.15) is 4.99 Å². The summed E-state index contributed by atoms with van der Waals surface area (Å²) in [5.74, 6) is -1.23. The number of rotatable bonds is 7. The van der Waals surface area contributed by atoms with Crippen LogP contribution in [-0.2, 0) is 20.8 Å². The normalized spacial score (nSPS) is 16.6. The zero-order valence-electron chi connectivity index (χ0n) is 20.5. The van der Waals surface area contributed by atoms with E-state index >= 15 is 0 Å². The van der Waals surface area contributed by atoms with E-state index in [1.54, 1.807) is 35.9 Å². The second kappa shape index (κ2) is 11.5. The number of carbonyl (C=O) groups excluding carboxylic acids is 2. The highest BCUT2D eigenvalue weighted by atomic mass is 32.2. The molecule has 1 atom stereocenters. The van der Waals surface area contributed by atoms with Gasteiger partial charge >= 0.3 is 5.97 Å². The van der Waals surface area contributed by atoms with Crippen LogP contribution in [0.4, 0.5) is 0 Å². The molecule has 0 radical (unpaired) electrons. The molecule has 4 rings (SSSR count). The fourth-order valence-corrected chi connectivity index (χ4v) is 4.38. The lowest BCUT2D eigenvalue weighted by Crippen LogP contribution is -2.35. The molecule has 188 valence electrons. The van der Waals surface area contributed by atoms with Crippen LogP contribution in [0.25, 0.3) is 16.7 Å². The third-order valence-corrected chi connectivity index (χ3v) is 6.22. The van der Waals surface area contributed by atoms with E-state index < -0.39 is 11.9 Å². The van der Waals surface area contributed by atoms with Crippen LogP contribution in [0.15, 0.2) is 57.8 Å². The fraction of sp³-hybridized carbons (Fsp3) is 0.346. The van der Waals surface area contributed by atoms with Gasteiger partial charge in [0.2, 0.25) is 0 Å². The number of fused-ring (bicyclic) bond motifs is 2. The first-order valence-corrected chi connectivity index (χ1v) is 13.0. The van der Waals surface area contributed by atoms with Crippen LogP contribution in [0.3, 0.4) is 0 Å². The molecule has 1 amide bonds. The number of hydrogen-bond donors (Lipinski definition) is 0. The van der Waals surface area contributed by atoms with Crippen molar-refractivity contribution < 1.29 is 19.1 Å². The Bertz CT molecular complexity index is 1500. The van der Waals surface area contributed by atoms with Gasteiger partial charge in [0.15, 0.2) is 5.49 Å². The lowest BCUT2D eigenvalue weighted by Gasteiger charge is -2.18. The summed E-state index contributed by atoms with van der Waals surface area (Å²) < 4.78 is 14.2. The van der Waals surface area contributed by atoms with E-state index in [1.807, 2.05) is 24.7 Å². The molecule has 36 heavy (non-hydrogen) atoms. The first-order chi connectivity index (χ1) is 17.4. The molecule has 4 heterocycles. The minimum atomic E-state index is -0.674. The van der Waals surface area contributed by atoms with Crippen molar-refractivity contribution in [1.82, 2.24) is 14.0 Å². The van der Waals surface area contributed by atoms with Crippen LogP contribution < -0.4 is 11.0 Å². The molecule has 1 saturated heterocycles. The monoisotopic (exact) mass is 508 g/mol. The van der Waals surface area contributed by atoms with Crippen LogP contribution in [0.2, 0.25) is 0 Å². The summed E-state index contributed by atoms with van der Waals surface area (Å²) >= 11 is 1.50. The number of aryl methyl sites for hydroxylation is 1. The lowest BCUT2D eigenvalue weighted by molar-refractivity contribution is -0.113. The van der Waals surface area contributed by atoms with Crippen LogP contribution in [0.5, 0.6) is 0 Å². The number of aromatic nitrogens is 3. The minimum Gasteiger partial charge on any atom is -0.462 e. The number of carbonyl (C=O) groups is 2. The van der Waals surface area contributed by atoms with Gasteiger partial charge in [-0.25, -0.2) is 9.78 Å². The fourth-order valence-electron chi connectivity index (χ4n) is 4.14. The SMILES string of the molecule is CCOC(=O)c1cc2c(=O)n3cccc(C)c3nc2n(CC2CCCO2)c1=NC(=O)C=CC=CSC. The molecule has 0 aliphatic carbocycles. The maximum absolute atomic E-state index is 13.5. The number of esters is 1. The average molecular weight is 509 g/mol. The first-order valence-electron chi connectivity index (χ1n) is 11.7. The molecular weight excluding hydrogens is 480 g/mol. The Morgan fingerprint density at radius 1 is 1.33 bits per heavy atom. The second-order valence-electron chi connectivity index (χ2n) is 8.26. The topological polar surface area (TPSA) is 104 Å². The molecule has 0 spiro atoms. The molecule has 0 N–H and O–H groups in total. The highest BCUT2D eigenvalue weighted by Gasteiger charge is 2.23. The van der Waals surface area contributed by atoms with Crippen molar-refractivity contribution in [2.24, 2.45) is 4.99 Å². The number of hydrogen-bond acceptors (Lipinski definition) is 7. The quantitative estimate of drug-likeness (QED) is 0.209. The number of ether oxygens (including phenoxy) is 2.